The van der Waals surface area contributed by atoms with Crippen molar-refractivity contribution in [3.05, 3.63) is 70.3 Å². The van der Waals surface area contributed by atoms with Crippen LogP contribution in [0.3, 0.4) is 0 Å². The van der Waals surface area contributed by atoms with Crippen molar-refractivity contribution in [2.45, 2.75) is 38.1 Å². The predicted molar refractivity (Wildman–Crippen MR) is 151 cm³/mol. The van der Waals surface area contributed by atoms with Crippen molar-refractivity contribution < 1.29 is 13.9 Å². The Bertz CT molecular complexity index is 1690. The summed E-state index contributed by atoms with van der Waals surface area (Å²) in [6.07, 6.45) is 6.66. The lowest BCUT2D eigenvalue weighted by Gasteiger charge is -2.28. The Kier molecular flexibility index (Phi) is 5.81. The molecule has 3 aliphatic rings. The molecule has 4 heterocycles. The molecule has 200 valence electrons. The summed E-state index contributed by atoms with van der Waals surface area (Å²) in [4.78, 5) is 31.3. The molecule has 39 heavy (non-hydrogen) atoms. The van der Waals surface area contributed by atoms with Gasteiger partial charge in [0.15, 0.2) is 17.3 Å². The minimum absolute atomic E-state index is 0.0560. The van der Waals surface area contributed by atoms with Gasteiger partial charge < -0.3 is 24.4 Å². The lowest BCUT2D eigenvalue weighted by Crippen LogP contribution is -2.33. The second-order valence-corrected chi connectivity index (χ2v) is 10.9. The lowest BCUT2D eigenvalue weighted by atomic mass is 10.0. The van der Waals surface area contributed by atoms with Crippen molar-refractivity contribution in [2.24, 2.45) is 0 Å². The first-order valence-electron chi connectivity index (χ1n) is 13.9. The number of ether oxygens (including phenoxy) is 1. The van der Waals surface area contributed by atoms with Crippen LogP contribution in [0.1, 0.15) is 42.5 Å². The van der Waals surface area contributed by atoms with E-state index < -0.39 is 11.2 Å². The summed E-state index contributed by atoms with van der Waals surface area (Å²) in [5.41, 5.74) is 1.05. The van der Waals surface area contributed by atoms with Gasteiger partial charge >= 0.3 is 0 Å². The fourth-order valence-corrected chi connectivity index (χ4v) is 6.49. The Morgan fingerprint density at radius 3 is 2.69 bits per heavy atom. The van der Waals surface area contributed by atoms with Crippen LogP contribution in [-0.4, -0.2) is 59.5 Å². The molecule has 3 aromatic carbocycles. The van der Waals surface area contributed by atoms with E-state index in [0.717, 1.165) is 48.7 Å². The van der Waals surface area contributed by atoms with Gasteiger partial charge in [0.25, 0.3) is 5.91 Å². The number of halogens is 1. The number of hydrogen-bond donors (Lipinski definition) is 1. The Balaban J connectivity index is 1.42. The van der Waals surface area contributed by atoms with E-state index in [2.05, 4.69) is 17.3 Å². The maximum Gasteiger partial charge on any atom is 0.259 e. The maximum absolute atomic E-state index is 15.7. The van der Waals surface area contributed by atoms with E-state index in [0.29, 0.717) is 36.9 Å². The highest BCUT2D eigenvalue weighted by molar-refractivity contribution is 6.04. The number of amides is 1. The van der Waals surface area contributed by atoms with Gasteiger partial charge in [0.2, 0.25) is 5.43 Å². The van der Waals surface area contributed by atoms with Crippen molar-refractivity contribution >= 4 is 33.3 Å². The van der Waals surface area contributed by atoms with Crippen LogP contribution in [0, 0.1) is 5.82 Å². The van der Waals surface area contributed by atoms with Gasteiger partial charge in [0, 0.05) is 37.3 Å². The minimum Gasteiger partial charge on any atom is -0.451 e. The predicted octanol–water partition coefficient (Wildman–Crippen LogP) is 5.52. The van der Waals surface area contributed by atoms with Gasteiger partial charge in [-0.25, -0.2) is 4.39 Å². The van der Waals surface area contributed by atoms with Crippen molar-refractivity contribution in [2.75, 3.05) is 38.5 Å². The maximum atomic E-state index is 15.7. The third-order valence-corrected chi connectivity index (χ3v) is 8.59. The Morgan fingerprint density at radius 2 is 1.90 bits per heavy atom. The van der Waals surface area contributed by atoms with E-state index in [1.54, 1.807) is 11.1 Å². The smallest absolute Gasteiger partial charge is 0.259 e. The molecule has 0 radical (unpaired) electrons. The van der Waals surface area contributed by atoms with Crippen LogP contribution in [0.25, 0.3) is 27.4 Å². The van der Waals surface area contributed by atoms with Crippen LogP contribution in [0.5, 0.6) is 11.5 Å². The summed E-state index contributed by atoms with van der Waals surface area (Å²) in [6, 6.07) is 13.5. The number of anilines is 1. The molecule has 0 saturated carbocycles. The highest BCUT2D eigenvalue weighted by atomic mass is 19.1. The van der Waals surface area contributed by atoms with Gasteiger partial charge in [0.05, 0.1) is 11.1 Å². The number of carbonyl (C=O) groups is 1. The Morgan fingerprint density at radius 1 is 1.08 bits per heavy atom. The zero-order chi connectivity index (χ0) is 26.7. The minimum atomic E-state index is -0.559. The molecule has 7 rings (SSSR count). The van der Waals surface area contributed by atoms with Crippen molar-refractivity contribution in [1.29, 1.82) is 0 Å². The number of likely N-dealkylation sites (tertiary alicyclic amines) is 2. The lowest BCUT2D eigenvalue weighted by molar-refractivity contribution is 0.0791. The van der Waals surface area contributed by atoms with Crippen LogP contribution in [0.2, 0.25) is 0 Å². The van der Waals surface area contributed by atoms with Crippen LogP contribution in [0.15, 0.2) is 53.5 Å². The molecule has 1 N–H and O–H groups in total. The molecule has 3 aliphatic heterocycles. The molecule has 2 saturated heterocycles. The number of carbonyl (C=O) groups excluding carboxylic acids is 1. The number of aromatic nitrogens is 1. The van der Waals surface area contributed by atoms with Gasteiger partial charge in [0.1, 0.15) is 16.8 Å². The highest BCUT2D eigenvalue weighted by Gasteiger charge is 2.31. The summed E-state index contributed by atoms with van der Waals surface area (Å²) in [5.74, 6) is -0.0306. The van der Waals surface area contributed by atoms with Crippen LogP contribution in [-0.2, 0) is 0 Å². The van der Waals surface area contributed by atoms with E-state index in [4.69, 9.17) is 4.74 Å². The normalized spacial score (nSPS) is 18.5. The van der Waals surface area contributed by atoms with Crippen molar-refractivity contribution in [3.8, 4) is 17.2 Å². The molecule has 4 aromatic rings. The van der Waals surface area contributed by atoms with E-state index in [9.17, 15) is 9.59 Å². The number of rotatable bonds is 5. The molecule has 0 aliphatic carbocycles. The zero-order valence-corrected chi connectivity index (χ0v) is 22.0. The van der Waals surface area contributed by atoms with Gasteiger partial charge in [-0.3, -0.25) is 9.59 Å². The van der Waals surface area contributed by atoms with Crippen molar-refractivity contribution in [3.63, 3.8) is 0 Å². The summed E-state index contributed by atoms with van der Waals surface area (Å²) in [5, 5.41) is 5.36. The first-order valence-corrected chi connectivity index (χ1v) is 13.9. The molecule has 1 atom stereocenters. The molecule has 1 unspecified atom stereocenters. The Hall–Kier alpha value is -3.91. The number of fused-ring (bicyclic) bond motifs is 4. The summed E-state index contributed by atoms with van der Waals surface area (Å²) >= 11 is 0. The standard InChI is InChI=1S/C31H31FN4O3/c1-34-14-6-8-20(34)12-13-33-26-24(32)17-22-28-30(26)39-25-11-10-19-7-2-3-9-21(19)27(25)36(28)18-23(29(22)37)31(38)35-15-4-5-16-35/h2-3,7,9-11,17-18,20,33H,4-6,8,12-16H2,1H3. The highest BCUT2D eigenvalue weighted by Crippen LogP contribution is 2.47. The molecular weight excluding hydrogens is 495 g/mol. The zero-order valence-electron chi connectivity index (χ0n) is 22.0. The van der Waals surface area contributed by atoms with E-state index in [1.165, 1.54) is 12.5 Å². The quantitative estimate of drug-likeness (QED) is 0.327. The molecule has 8 heteroatoms. The van der Waals surface area contributed by atoms with Gasteiger partial charge in [-0.15, -0.1) is 0 Å². The molecule has 1 aromatic heterocycles. The second-order valence-electron chi connectivity index (χ2n) is 10.9. The molecule has 1 amide bonds. The number of nitrogens with one attached hydrogen (secondary N) is 1. The molecule has 7 nitrogen and oxygen atoms in total. The van der Waals surface area contributed by atoms with Gasteiger partial charge in [-0.05, 0) is 63.2 Å². The average Bonchev–Trinajstić information content (AvgIpc) is 3.63. The molecule has 2 fully saturated rings. The first-order chi connectivity index (χ1) is 19.0. The molecule has 0 spiro atoms. The van der Waals surface area contributed by atoms with Crippen molar-refractivity contribution in [1.82, 2.24) is 14.4 Å². The second kappa shape index (κ2) is 9.38. The SMILES string of the molecule is CN1CCCC1CCNc1c(F)cc2c(=O)c(C(=O)N3CCCC3)cn3c2c1Oc1ccc2ccccc2c1-3. The van der Waals surface area contributed by atoms with Gasteiger partial charge in [-0.1, -0.05) is 30.3 Å². The Labute approximate surface area is 225 Å². The van der Waals surface area contributed by atoms with E-state index >= 15 is 4.39 Å². The summed E-state index contributed by atoms with van der Waals surface area (Å²) < 4.78 is 24.0. The van der Waals surface area contributed by atoms with E-state index in [1.807, 2.05) is 41.0 Å². The van der Waals surface area contributed by atoms with Crippen LogP contribution >= 0.6 is 0 Å². The molecule has 0 bridgehead atoms. The largest absolute Gasteiger partial charge is 0.451 e. The summed E-state index contributed by atoms with van der Waals surface area (Å²) in [7, 11) is 2.13. The monoisotopic (exact) mass is 526 g/mol. The fraction of sp³-hybridized carbons (Fsp3) is 0.355. The molecular formula is C31H31FN4O3. The van der Waals surface area contributed by atoms with Crippen LogP contribution < -0.4 is 15.5 Å². The number of benzene rings is 3. The number of nitrogens with zero attached hydrogens (tertiary/aromatic N) is 3. The van der Waals surface area contributed by atoms with E-state index in [-0.39, 0.29) is 28.3 Å². The third kappa shape index (κ3) is 3.88. The summed E-state index contributed by atoms with van der Waals surface area (Å²) in [6.45, 7) is 2.90. The number of hydrogen-bond acceptors (Lipinski definition) is 5. The topological polar surface area (TPSA) is 66.8 Å². The first kappa shape index (κ1) is 24.2. The number of pyridine rings is 1. The van der Waals surface area contributed by atoms with Gasteiger partial charge in [-0.2, -0.15) is 0 Å². The third-order valence-electron chi connectivity index (χ3n) is 8.59. The van der Waals surface area contributed by atoms with Crippen LogP contribution in [0.4, 0.5) is 10.1 Å². The average molecular weight is 527 g/mol. The fourth-order valence-electron chi connectivity index (χ4n) is 6.49.